The molecule has 1 heterocycles. The van der Waals surface area contributed by atoms with Crippen LogP contribution in [0.3, 0.4) is 0 Å². The summed E-state index contributed by atoms with van der Waals surface area (Å²) in [5.74, 6) is -0.865. The van der Waals surface area contributed by atoms with Gasteiger partial charge >= 0.3 is 0 Å². The number of ether oxygens (including phenoxy) is 1. The van der Waals surface area contributed by atoms with E-state index in [9.17, 15) is 9.18 Å². The van der Waals surface area contributed by atoms with Gasteiger partial charge in [-0.05, 0) is 31.9 Å². The summed E-state index contributed by atoms with van der Waals surface area (Å²) in [6.07, 6.45) is 1.46. The van der Waals surface area contributed by atoms with Crippen molar-refractivity contribution >= 4 is 28.8 Å². The molecule has 1 unspecified atom stereocenters. The van der Waals surface area contributed by atoms with Gasteiger partial charge in [-0.3, -0.25) is 4.79 Å². The highest BCUT2D eigenvalue weighted by Gasteiger charge is 2.38. The summed E-state index contributed by atoms with van der Waals surface area (Å²) >= 11 is 4.81. The second-order valence-corrected chi connectivity index (χ2v) is 5.10. The summed E-state index contributed by atoms with van der Waals surface area (Å²) in [4.78, 5) is 12.1. The SMILES string of the molecule is CC1(C(=O)Nc2cccc(F)c2C(N)=S)CCCO1. The summed E-state index contributed by atoms with van der Waals surface area (Å²) in [5.41, 5.74) is 4.93. The topological polar surface area (TPSA) is 64.4 Å². The van der Waals surface area contributed by atoms with E-state index in [-0.39, 0.29) is 22.1 Å². The van der Waals surface area contributed by atoms with Crippen LogP contribution in [0.5, 0.6) is 0 Å². The number of hydrogen-bond donors (Lipinski definition) is 2. The Hall–Kier alpha value is -1.53. The lowest BCUT2D eigenvalue weighted by Gasteiger charge is -2.22. The standard InChI is InChI=1S/C13H15FN2O2S/c1-13(6-3-7-18-13)12(17)16-9-5-2-4-8(14)10(9)11(15)19/h2,4-5H,3,6-7H2,1H3,(H2,15,19)(H,16,17). The molecule has 1 aromatic rings. The fraction of sp³-hybridized carbons (Fsp3) is 0.385. The molecule has 1 aliphatic heterocycles. The number of halogens is 1. The van der Waals surface area contributed by atoms with Gasteiger partial charge in [-0.25, -0.2) is 4.39 Å². The lowest BCUT2D eigenvalue weighted by Crippen LogP contribution is -2.39. The first kappa shape index (κ1) is 13.9. The number of benzene rings is 1. The largest absolute Gasteiger partial charge is 0.389 e. The lowest BCUT2D eigenvalue weighted by atomic mass is 10.0. The highest BCUT2D eigenvalue weighted by Crippen LogP contribution is 2.28. The van der Waals surface area contributed by atoms with E-state index in [2.05, 4.69) is 5.32 Å². The van der Waals surface area contributed by atoms with Gasteiger partial charge in [-0.2, -0.15) is 0 Å². The maximum Gasteiger partial charge on any atom is 0.256 e. The maximum absolute atomic E-state index is 13.7. The fourth-order valence-corrected chi connectivity index (χ4v) is 2.30. The van der Waals surface area contributed by atoms with Crippen molar-refractivity contribution in [2.24, 2.45) is 5.73 Å². The molecule has 0 bridgehead atoms. The summed E-state index contributed by atoms with van der Waals surface area (Å²) < 4.78 is 19.1. The third-order valence-corrected chi connectivity index (χ3v) is 3.41. The van der Waals surface area contributed by atoms with Crippen molar-refractivity contribution in [2.45, 2.75) is 25.4 Å². The van der Waals surface area contributed by atoms with E-state index >= 15 is 0 Å². The predicted octanol–water partition coefficient (Wildman–Crippen LogP) is 1.97. The van der Waals surface area contributed by atoms with Gasteiger partial charge in [0.2, 0.25) is 0 Å². The van der Waals surface area contributed by atoms with Crippen LogP contribution in [0.15, 0.2) is 18.2 Å². The maximum atomic E-state index is 13.7. The molecule has 2 rings (SSSR count). The van der Waals surface area contributed by atoms with Gasteiger partial charge in [-0.1, -0.05) is 18.3 Å². The van der Waals surface area contributed by atoms with Crippen LogP contribution in [-0.2, 0) is 9.53 Å². The summed E-state index contributed by atoms with van der Waals surface area (Å²) in [7, 11) is 0. The number of thiocarbonyl (C=S) groups is 1. The Morgan fingerprint density at radius 3 is 2.89 bits per heavy atom. The molecule has 4 nitrogen and oxygen atoms in total. The minimum absolute atomic E-state index is 0.0486. The number of carbonyl (C=O) groups is 1. The van der Waals surface area contributed by atoms with E-state index in [1.54, 1.807) is 13.0 Å². The zero-order valence-electron chi connectivity index (χ0n) is 10.5. The van der Waals surface area contributed by atoms with Crippen molar-refractivity contribution in [1.29, 1.82) is 0 Å². The monoisotopic (exact) mass is 282 g/mol. The average molecular weight is 282 g/mol. The number of anilines is 1. The Morgan fingerprint density at radius 2 is 2.32 bits per heavy atom. The average Bonchev–Trinajstić information content (AvgIpc) is 2.77. The Balaban J connectivity index is 2.26. The van der Waals surface area contributed by atoms with E-state index < -0.39 is 11.4 Å². The van der Waals surface area contributed by atoms with Gasteiger partial charge in [0.25, 0.3) is 5.91 Å². The highest BCUT2D eigenvalue weighted by atomic mass is 32.1. The molecule has 0 radical (unpaired) electrons. The zero-order chi connectivity index (χ0) is 14.0. The number of nitrogens with two attached hydrogens (primary N) is 1. The van der Waals surface area contributed by atoms with Crippen molar-refractivity contribution in [2.75, 3.05) is 11.9 Å². The molecule has 6 heteroatoms. The van der Waals surface area contributed by atoms with Crippen LogP contribution in [0.4, 0.5) is 10.1 Å². The molecular weight excluding hydrogens is 267 g/mol. The van der Waals surface area contributed by atoms with Crippen molar-refractivity contribution < 1.29 is 13.9 Å². The van der Waals surface area contributed by atoms with Crippen molar-refractivity contribution in [3.63, 3.8) is 0 Å². The molecule has 1 aliphatic rings. The van der Waals surface area contributed by atoms with Gasteiger partial charge < -0.3 is 15.8 Å². The van der Waals surface area contributed by atoms with Crippen LogP contribution in [-0.4, -0.2) is 23.1 Å². The molecule has 3 N–H and O–H groups in total. The van der Waals surface area contributed by atoms with Crippen molar-refractivity contribution in [3.8, 4) is 0 Å². The van der Waals surface area contributed by atoms with E-state index in [0.29, 0.717) is 13.0 Å². The smallest absolute Gasteiger partial charge is 0.256 e. The van der Waals surface area contributed by atoms with Gasteiger partial charge in [0.05, 0.1) is 11.3 Å². The molecule has 19 heavy (non-hydrogen) atoms. The first-order chi connectivity index (χ1) is 8.94. The Labute approximate surface area is 116 Å². The summed E-state index contributed by atoms with van der Waals surface area (Å²) in [6, 6.07) is 4.30. The molecule has 1 fully saturated rings. The minimum Gasteiger partial charge on any atom is -0.389 e. The van der Waals surface area contributed by atoms with Crippen molar-refractivity contribution in [3.05, 3.63) is 29.6 Å². The molecule has 1 aromatic carbocycles. The van der Waals surface area contributed by atoms with E-state index in [4.69, 9.17) is 22.7 Å². The molecule has 0 saturated carbocycles. The number of nitrogens with one attached hydrogen (secondary N) is 1. The quantitative estimate of drug-likeness (QED) is 0.832. The Bertz CT molecular complexity index is 527. The normalized spacial score (nSPS) is 22.2. The van der Waals surface area contributed by atoms with E-state index in [1.807, 2.05) is 0 Å². The predicted molar refractivity (Wildman–Crippen MR) is 74.5 cm³/mol. The second kappa shape index (κ2) is 5.22. The first-order valence-electron chi connectivity index (χ1n) is 5.98. The molecule has 102 valence electrons. The van der Waals surface area contributed by atoms with Gasteiger partial charge in [0, 0.05) is 6.61 Å². The fourth-order valence-electron chi connectivity index (χ4n) is 2.09. The van der Waals surface area contributed by atoms with Gasteiger partial charge in [0.15, 0.2) is 0 Å². The van der Waals surface area contributed by atoms with E-state index in [0.717, 1.165) is 6.42 Å². The Kier molecular flexibility index (Phi) is 3.82. The third-order valence-electron chi connectivity index (χ3n) is 3.21. The molecule has 0 aromatic heterocycles. The number of hydrogen-bond acceptors (Lipinski definition) is 3. The number of carbonyl (C=O) groups excluding carboxylic acids is 1. The molecule has 0 spiro atoms. The lowest BCUT2D eigenvalue weighted by molar-refractivity contribution is -0.133. The minimum atomic E-state index is -0.875. The molecule has 1 saturated heterocycles. The number of amides is 1. The molecule has 1 amide bonds. The zero-order valence-corrected chi connectivity index (χ0v) is 11.3. The van der Waals surface area contributed by atoms with Crippen molar-refractivity contribution in [1.82, 2.24) is 0 Å². The third kappa shape index (κ3) is 2.74. The summed E-state index contributed by atoms with van der Waals surface area (Å²) in [6.45, 7) is 2.27. The van der Waals surface area contributed by atoms with Crippen LogP contribution >= 0.6 is 12.2 Å². The molecule has 0 aliphatic carbocycles. The summed E-state index contributed by atoms with van der Waals surface area (Å²) in [5, 5.41) is 2.64. The van der Waals surface area contributed by atoms with Crippen LogP contribution < -0.4 is 11.1 Å². The highest BCUT2D eigenvalue weighted by molar-refractivity contribution is 7.80. The van der Waals surface area contributed by atoms with Gasteiger partial charge in [0.1, 0.15) is 16.4 Å². The van der Waals surface area contributed by atoms with Crippen LogP contribution in [0.25, 0.3) is 0 Å². The molecule has 1 atom stereocenters. The second-order valence-electron chi connectivity index (χ2n) is 4.66. The first-order valence-corrected chi connectivity index (χ1v) is 6.38. The number of rotatable bonds is 3. The van der Waals surface area contributed by atoms with Gasteiger partial charge in [-0.15, -0.1) is 0 Å². The van der Waals surface area contributed by atoms with Crippen LogP contribution in [0.2, 0.25) is 0 Å². The van der Waals surface area contributed by atoms with Crippen LogP contribution in [0.1, 0.15) is 25.3 Å². The van der Waals surface area contributed by atoms with E-state index in [1.165, 1.54) is 12.1 Å². The van der Waals surface area contributed by atoms with Crippen LogP contribution in [0, 0.1) is 5.82 Å². The Morgan fingerprint density at radius 1 is 1.58 bits per heavy atom. The molecular formula is C13H15FN2O2S.